The fourth-order valence-electron chi connectivity index (χ4n) is 1.25. The first-order valence-electron chi connectivity index (χ1n) is 5.37. The minimum Gasteiger partial charge on any atom is -0.465 e. The van der Waals surface area contributed by atoms with Gasteiger partial charge in [0, 0.05) is 19.6 Å². The van der Waals surface area contributed by atoms with Gasteiger partial charge in [0.05, 0.1) is 0 Å². The number of rotatable bonds is 5. The first-order valence-corrected chi connectivity index (χ1v) is 5.37. The predicted octanol–water partition coefficient (Wildman–Crippen LogP) is 2.65. The molecular weight excluding hydrogens is 232 g/mol. The van der Waals surface area contributed by atoms with Gasteiger partial charge in [-0.2, -0.15) is 0 Å². The van der Waals surface area contributed by atoms with Crippen molar-refractivity contribution in [1.29, 1.82) is 0 Å². The Kier molecular flexibility index (Phi) is 10.1. The molecule has 0 aliphatic rings. The maximum Gasteiger partial charge on any atom is 0.415 e. The van der Waals surface area contributed by atoms with Crippen LogP contribution in [0.15, 0.2) is 0 Å². The van der Waals surface area contributed by atoms with E-state index in [2.05, 4.69) is 0 Å². The van der Waals surface area contributed by atoms with Crippen LogP contribution in [0.4, 0.5) is 9.59 Å². The Balaban J connectivity index is 0. The van der Waals surface area contributed by atoms with Crippen molar-refractivity contribution in [2.24, 2.45) is 0 Å². The Morgan fingerprint density at radius 1 is 1.12 bits per heavy atom. The van der Waals surface area contributed by atoms with E-state index in [0.29, 0.717) is 19.5 Å². The fourth-order valence-corrected chi connectivity index (χ4v) is 1.25. The molecular formula is C10H21ClN2O3. The molecule has 0 saturated carbocycles. The second kappa shape index (κ2) is 9.27. The Hall–Kier alpha value is -0.970. The van der Waals surface area contributed by atoms with Crippen molar-refractivity contribution < 1.29 is 14.7 Å². The van der Waals surface area contributed by atoms with E-state index in [0.717, 1.165) is 11.3 Å². The van der Waals surface area contributed by atoms with E-state index in [4.69, 9.17) is 5.11 Å². The van der Waals surface area contributed by atoms with Crippen molar-refractivity contribution in [1.82, 2.24) is 9.80 Å². The van der Waals surface area contributed by atoms with Crippen LogP contribution < -0.4 is 0 Å². The summed E-state index contributed by atoms with van der Waals surface area (Å²) in [5.74, 6) is 0. The second-order valence-electron chi connectivity index (χ2n) is 3.24. The molecule has 96 valence electrons. The van der Waals surface area contributed by atoms with Crippen molar-refractivity contribution in [3.05, 3.63) is 0 Å². The van der Waals surface area contributed by atoms with E-state index in [1.807, 2.05) is 20.8 Å². The topological polar surface area (TPSA) is 60.9 Å². The molecule has 0 aromatic heterocycles. The zero-order valence-electron chi connectivity index (χ0n) is 10.1. The molecule has 0 fully saturated rings. The van der Waals surface area contributed by atoms with Crippen LogP contribution in [-0.2, 0) is 0 Å². The molecule has 0 bridgehead atoms. The van der Waals surface area contributed by atoms with Crippen molar-refractivity contribution in [3.63, 3.8) is 0 Å². The van der Waals surface area contributed by atoms with Gasteiger partial charge in [0.1, 0.15) is 0 Å². The number of hydrogen-bond donors (Lipinski definition) is 1. The van der Waals surface area contributed by atoms with E-state index in [1.54, 1.807) is 0 Å². The minimum atomic E-state index is -1.17. The molecule has 16 heavy (non-hydrogen) atoms. The van der Waals surface area contributed by atoms with Gasteiger partial charge in [-0.25, -0.2) is 14.5 Å². The number of nitrogens with zero attached hydrogens (tertiary/aromatic N) is 2. The zero-order valence-corrected chi connectivity index (χ0v) is 10.9. The van der Waals surface area contributed by atoms with Crippen molar-refractivity contribution in [2.75, 3.05) is 19.6 Å². The van der Waals surface area contributed by atoms with Gasteiger partial charge in [-0.1, -0.05) is 13.3 Å². The van der Waals surface area contributed by atoms with Crippen LogP contribution in [0.2, 0.25) is 0 Å². The molecule has 3 amide bonds. The Labute approximate surface area is 103 Å². The summed E-state index contributed by atoms with van der Waals surface area (Å²) in [6.07, 6.45) is 0.412. The van der Waals surface area contributed by atoms with Crippen LogP contribution >= 0.6 is 12.4 Å². The molecule has 0 unspecified atom stereocenters. The van der Waals surface area contributed by atoms with Crippen LogP contribution in [0.1, 0.15) is 33.6 Å². The van der Waals surface area contributed by atoms with Crippen LogP contribution in [0.25, 0.3) is 0 Å². The molecule has 0 heterocycles. The van der Waals surface area contributed by atoms with Crippen LogP contribution in [0.3, 0.4) is 0 Å². The largest absolute Gasteiger partial charge is 0.465 e. The van der Waals surface area contributed by atoms with Crippen LogP contribution in [-0.4, -0.2) is 46.7 Å². The Morgan fingerprint density at radius 3 is 1.94 bits per heavy atom. The van der Waals surface area contributed by atoms with Crippen LogP contribution in [0, 0.1) is 0 Å². The standard InChI is InChI=1S/C10H20N2O3.ClH/c1-4-7-8-12(10(14)15)9(13)11(5-2)6-3;/h4-8H2,1-3H3,(H,14,15);1H. The first kappa shape index (κ1) is 17.4. The summed E-state index contributed by atoms with van der Waals surface area (Å²) in [6.45, 7) is 6.97. The minimum absolute atomic E-state index is 0. The first-order chi connectivity index (χ1) is 7.08. The molecule has 0 aromatic carbocycles. The summed E-state index contributed by atoms with van der Waals surface area (Å²) in [5, 5.41) is 8.89. The number of halogens is 1. The lowest BCUT2D eigenvalue weighted by molar-refractivity contribution is 0.129. The summed E-state index contributed by atoms with van der Waals surface area (Å²) in [5.41, 5.74) is 0. The third kappa shape index (κ3) is 5.21. The van der Waals surface area contributed by atoms with Crippen molar-refractivity contribution in [3.8, 4) is 0 Å². The molecule has 0 saturated heterocycles. The van der Waals surface area contributed by atoms with Gasteiger partial charge in [0.25, 0.3) is 0 Å². The van der Waals surface area contributed by atoms with E-state index < -0.39 is 12.1 Å². The van der Waals surface area contributed by atoms with Gasteiger partial charge in [-0.05, 0) is 20.3 Å². The van der Waals surface area contributed by atoms with E-state index in [-0.39, 0.29) is 19.0 Å². The SMILES string of the molecule is CCCCN(C(=O)O)C(=O)N(CC)CC.Cl. The van der Waals surface area contributed by atoms with E-state index in [9.17, 15) is 9.59 Å². The summed E-state index contributed by atoms with van der Waals surface area (Å²) in [4.78, 5) is 25.0. The average molecular weight is 253 g/mol. The van der Waals surface area contributed by atoms with Crippen LogP contribution in [0.5, 0.6) is 0 Å². The third-order valence-electron chi connectivity index (χ3n) is 2.23. The quantitative estimate of drug-likeness (QED) is 0.818. The molecule has 0 spiro atoms. The summed E-state index contributed by atoms with van der Waals surface area (Å²) >= 11 is 0. The fraction of sp³-hybridized carbons (Fsp3) is 0.800. The number of urea groups is 1. The second-order valence-corrected chi connectivity index (χ2v) is 3.24. The highest BCUT2D eigenvalue weighted by molar-refractivity contribution is 5.89. The van der Waals surface area contributed by atoms with Gasteiger partial charge in [-0.3, -0.25) is 0 Å². The maximum atomic E-state index is 11.7. The number of hydrogen-bond acceptors (Lipinski definition) is 2. The number of carboxylic acid groups (broad SMARTS) is 1. The number of amides is 3. The highest BCUT2D eigenvalue weighted by Crippen LogP contribution is 2.02. The lowest BCUT2D eigenvalue weighted by Gasteiger charge is -2.25. The number of carbonyl (C=O) groups is 2. The molecule has 0 aromatic rings. The molecule has 0 radical (unpaired) electrons. The highest BCUT2D eigenvalue weighted by Gasteiger charge is 2.23. The zero-order chi connectivity index (χ0) is 11.8. The molecule has 0 rings (SSSR count). The molecule has 5 nitrogen and oxygen atoms in total. The van der Waals surface area contributed by atoms with Gasteiger partial charge < -0.3 is 10.0 Å². The highest BCUT2D eigenvalue weighted by atomic mass is 35.5. The van der Waals surface area contributed by atoms with Crippen molar-refractivity contribution in [2.45, 2.75) is 33.6 Å². The Bertz CT molecular complexity index is 220. The van der Waals surface area contributed by atoms with Crippen molar-refractivity contribution >= 4 is 24.5 Å². The summed E-state index contributed by atoms with van der Waals surface area (Å²) < 4.78 is 0. The summed E-state index contributed by atoms with van der Waals surface area (Å²) in [6, 6.07) is -0.416. The van der Waals surface area contributed by atoms with Gasteiger partial charge in [0.2, 0.25) is 0 Å². The average Bonchev–Trinajstić information content (AvgIpc) is 2.19. The number of imide groups is 1. The normalized spacial score (nSPS) is 9.19. The predicted molar refractivity (Wildman–Crippen MR) is 65.2 cm³/mol. The van der Waals surface area contributed by atoms with E-state index >= 15 is 0 Å². The van der Waals surface area contributed by atoms with E-state index in [1.165, 1.54) is 4.90 Å². The smallest absolute Gasteiger partial charge is 0.415 e. The maximum absolute atomic E-state index is 11.7. The van der Waals surface area contributed by atoms with Gasteiger partial charge >= 0.3 is 12.1 Å². The van der Waals surface area contributed by atoms with Gasteiger partial charge in [-0.15, -0.1) is 12.4 Å². The number of unbranched alkanes of at least 4 members (excludes halogenated alkanes) is 1. The lowest BCUT2D eigenvalue weighted by Crippen LogP contribution is -2.46. The third-order valence-corrected chi connectivity index (χ3v) is 2.23. The molecule has 6 heteroatoms. The molecule has 0 aliphatic heterocycles. The molecule has 1 N–H and O–H groups in total. The van der Waals surface area contributed by atoms with Gasteiger partial charge in [0.15, 0.2) is 0 Å². The number of carbonyl (C=O) groups excluding carboxylic acids is 1. The molecule has 0 atom stereocenters. The summed E-state index contributed by atoms with van der Waals surface area (Å²) in [7, 11) is 0. The lowest BCUT2D eigenvalue weighted by atomic mass is 10.3. The monoisotopic (exact) mass is 252 g/mol. The molecule has 0 aliphatic carbocycles. The Morgan fingerprint density at radius 2 is 1.62 bits per heavy atom.